The highest BCUT2D eigenvalue weighted by Gasteiger charge is 2.32. The zero-order valence-corrected chi connectivity index (χ0v) is 15.2. The van der Waals surface area contributed by atoms with Crippen molar-refractivity contribution in [2.24, 2.45) is 0 Å². The average molecular weight is 363 g/mol. The van der Waals surface area contributed by atoms with E-state index in [4.69, 9.17) is 16.3 Å². The summed E-state index contributed by atoms with van der Waals surface area (Å²) >= 11 is 8.04. The number of carbonyl (C=O) groups is 1. The molecular weight excluding hydrogens is 344 g/mol. The van der Waals surface area contributed by atoms with Gasteiger partial charge in [0.25, 0.3) is 0 Å². The Bertz CT molecular complexity index is 754. The minimum absolute atomic E-state index is 0.0581. The summed E-state index contributed by atoms with van der Waals surface area (Å²) in [5.74, 6) is 1.67. The third kappa shape index (κ3) is 3.47. The number of amides is 2. The quantitative estimate of drug-likeness (QED) is 0.841. The van der Waals surface area contributed by atoms with E-state index in [-0.39, 0.29) is 11.4 Å². The van der Waals surface area contributed by atoms with E-state index in [1.807, 2.05) is 54.3 Å². The Morgan fingerprint density at radius 2 is 2.12 bits per heavy atom. The number of ether oxygens (including phenoxy) is 1. The zero-order chi connectivity index (χ0) is 17.1. The first-order chi connectivity index (χ1) is 11.6. The number of benzene rings is 2. The van der Waals surface area contributed by atoms with E-state index in [1.165, 1.54) is 0 Å². The van der Waals surface area contributed by atoms with Gasteiger partial charge in [-0.15, -0.1) is 11.8 Å². The first kappa shape index (κ1) is 17.0. The number of hydrogen-bond donors (Lipinski definition) is 1. The molecule has 1 saturated heterocycles. The Hall–Kier alpha value is -1.85. The molecule has 2 amide bonds. The first-order valence-electron chi connectivity index (χ1n) is 7.68. The molecular formula is C18H19ClN2O2S. The van der Waals surface area contributed by atoms with Crippen LogP contribution in [0.3, 0.4) is 0 Å². The van der Waals surface area contributed by atoms with Gasteiger partial charge in [-0.2, -0.15) is 0 Å². The predicted molar refractivity (Wildman–Crippen MR) is 100 cm³/mol. The number of aryl methyl sites for hydroxylation is 1. The molecule has 1 unspecified atom stereocenters. The zero-order valence-electron chi connectivity index (χ0n) is 13.6. The number of halogens is 1. The Kier molecular flexibility index (Phi) is 5.21. The number of urea groups is 1. The average Bonchev–Trinajstić information content (AvgIpc) is 3.06. The van der Waals surface area contributed by atoms with Crippen LogP contribution in [0, 0.1) is 6.92 Å². The van der Waals surface area contributed by atoms with Crippen molar-refractivity contribution in [3.63, 3.8) is 0 Å². The van der Waals surface area contributed by atoms with Crippen molar-refractivity contribution in [1.82, 2.24) is 4.90 Å². The van der Waals surface area contributed by atoms with Gasteiger partial charge in [0.1, 0.15) is 11.1 Å². The summed E-state index contributed by atoms with van der Waals surface area (Å²) in [6.07, 6.45) is 0. The number of hydrogen-bond acceptors (Lipinski definition) is 3. The monoisotopic (exact) mass is 362 g/mol. The van der Waals surface area contributed by atoms with Crippen LogP contribution in [-0.4, -0.2) is 30.3 Å². The van der Waals surface area contributed by atoms with Crippen molar-refractivity contribution in [1.29, 1.82) is 0 Å². The van der Waals surface area contributed by atoms with Crippen LogP contribution in [0.5, 0.6) is 5.75 Å². The summed E-state index contributed by atoms with van der Waals surface area (Å²) in [4.78, 5) is 14.6. The van der Waals surface area contributed by atoms with Crippen molar-refractivity contribution in [3.05, 3.63) is 58.6 Å². The molecule has 2 aromatic carbocycles. The van der Waals surface area contributed by atoms with Crippen molar-refractivity contribution < 1.29 is 9.53 Å². The molecule has 1 aliphatic rings. The Morgan fingerprint density at radius 1 is 1.33 bits per heavy atom. The lowest BCUT2D eigenvalue weighted by Gasteiger charge is -2.25. The van der Waals surface area contributed by atoms with Gasteiger partial charge in [0, 0.05) is 28.6 Å². The van der Waals surface area contributed by atoms with Crippen LogP contribution in [0.1, 0.15) is 16.5 Å². The highest BCUT2D eigenvalue weighted by atomic mass is 35.5. The fourth-order valence-electron chi connectivity index (χ4n) is 2.70. The minimum atomic E-state index is -0.113. The summed E-state index contributed by atoms with van der Waals surface area (Å²) in [5.41, 5.74) is 2.72. The fourth-order valence-corrected chi connectivity index (χ4v) is 4.30. The van der Waals surface area contributed by atoms with Gasteiger partial charge in [-0.25, -0.2) is 4.79 Å². The molecule has 0 spiro atoms. The number of methoxy groups -OCH3 is 1. The van der Waals surface area contributed by atoms with Crippen LogP contribution in [-0.2, 0) is 0 Å². The Labute approximate surface area is 151 Å². The van der Waals surface area contributed by atoms with Crippen molar-refractivity contribution in [3.8, 4) is 5.75 Å². The maximum Gasteiger partial charge on any atom is 0.323 e. The topological polar surface area (TPSA) is 41.6 Å². The molecule has 1 N–H and O–H groups in total. The predicted octanol–water partition coefficient (Wildman–Crippen LogP) is 4.94. The molecule has 1 aliphatic heterocycles. The number of rotatable bonds is 3. The Balaban J connectivity index is 1.78. The standard InChI is InChI=1S/C18H19ClN2O2S/c1-12-11-13(23-2)7-8-16(12)20-18(22)21-9-10-24-17(21)14-5-3-4-6-15(14)19/h3-8,11,17H,9-10H2,1-2H3,(H,20,22). The maximum absolute atomic E-state index is 12.7. The minimum Gasteiger partial charge on any atom is -0.497 e. The lowest BCUT2D eigenvalue weighted by Crippen LogP contribution is -2.34. The summed E-state index contributed by atoms with van der Waals surface area (Å²) in [5, 5.41) is 3.63. The molecule has 0 bridgehead atoms. The molecule has 126 valence electrons. The van der Waals surface area contributed by atoms with Crippen LogP contribution in [0.2, 0.25) is 5.02 Å². The van der Waals surface area contributed by atoms with E-state index in [2.05, 4.69) is 5.32 Å². The van der Waals surface area contributed by atoms with Gasteiger partial charge in [0.15, 0.2) is 0 Å². The molecule has 0 radical (unpaired) electrons. The van der Waals surface area contributed by atoms with Gasteiger partial charge in [-0.05, 0) is 36.8 Å². The van der Waals surface area contributed by atoms with Crippen LogP contribution in [0.25, 0.3) is 0 Å². The molecule has 0 aliphatic carbocycles. The largest absolute Gasteiger partial charge is 0.497 e. The molecule has 3 rings (SSSR count). The van der Waals surface area contributed by atoms with Gasteiger partial charge < -0.3 is 15.0 Å². The second kappa shape index (κ2) is 7.36. The molecule has 1 fully saturated rings. The number of anilines is 1. The lowest BCUT2D eigenvalue weighted by atomic mass is 10.2. The molecule has 1 heterocycles. The maximum atomic E-state index is 12.7. The smallest absolute Gasteiger partial charge is 0.323 e. The fraction of sp³-hybridized carbons (Fsp3) is 0.278. The van der Waals surface area contributed by atoms with E-state index in [0.717, 1.165) is 28.3 Å². The summed E-state index contributed by atoms with van der Waals surface area (Å²) < 4.78 is 5.20. The van der Waals surface area contributed by atoms with Crippen LogP contribution >= 0.6 is 23.4 Å². The van der Waals surface area contributed by atoms with Gasteiger partial charge in [0.2, 0.25) is 0 Å². The molecule has 0 saturated carbocycles. The molecule has 0 aromatic heterocycles. The molecule has 24 heavy (non-hydrogen) atoms. The third-order valence-electron chi connectivity index (χ3n) is 4.00. The molecule has 4 nitrogen and oxygen atoms in total. The SMILES string of the molecule is COc1ccc(NC(=O)N2CCSC2c2ccccc2Cl)c(C)c1. The van der Waals surface area contributed by atoms with Crippen molar-refractivity contribution in [2.75, 3.05) is 24.7 Å². The van der Waals surface area contributed by atoms with Gasteiger partial charge >= 0.3 is 6.03 Å². The second-order valence-corrected chi connectivity index (χ2v) is 7.14. The van der Waals surface area contributed by atoms with Gasteiger partial charge in [-0.3, -0.25) is 0 Å². The van der Waals surface area contributed by atoms with Crippen LogP contribution in [0.15, 0.2) is 42.5 Å². The highest BCUT2D eigenvalue weighted by molar-refractivity contribution is 7.99. The van der Waals surface area contributed by atoms with Gasteiger partial charge in [-0.1, -0.05) is 29.8 Å². The van der Waals surface area contributed by atoms with E-state index in [0.29, 0.717) is 11.6 Å². The summed E-state index contributed by atoms with van der Waals surface area (Å²) in [6.45, 7) is 2.64. The third-order valence-corrected chi connectivity index (χ3v) is 5.58. The van der Waals surface area contributed by atoms with Crippen LogP contribution in [0.4, 0.5) is 10.5 Å². The lowest BCUT2D eigenvalue weighted by molar-refractivity contribution is 0.214. The van der Waals surface area contributed by atoms with Crippen LogP contribution < -0.4 is 10.1 Å². The molecule has 6 heteroatoms. The number of carbonyl (C=O) groups excluding carboxylic acids is 1. The van der Waals surface area contributed by atoms with E-state index < -0.39 is 0 Å². The normalized spacial score (nSPS) is 17.0. The van der Waals surface area contributed by atoms with E-state index in [9.17, 15) is 4.79 Å². The van der Waals surface area contributed by atoms with Crippen molar-refractivity contribution >= 4 is 35.1 Å². The second-order valence-electron chi connectivity index (χ2n) is 5.55. The Morgan fingerprint density at radius 3 is 2.83 bits per heavy atom. The molecule has 2 aromatic rings. The number of nitrogens with one attached hydrogen (secondary N) is 1. The number of nitrogens with zero attached hydrogens (tertiary/aromatic N) is 1. The van der Waals surface area contributed by atoms with Crippen molar-refractivity contribution in [2.45, 2.75) is 12.3 Å². The number of thioether (sulfide) groups is 1. The van der Waals surface area contributed by atoms with Gasteiger partial charge in [0.05, 0.1) is 7.11 Å². The first-order valence-corrected chi connectivity index (χ1v) is 9.11. The molecule has 1 atom stereocenters. The summed E-state index contributed by atoms with van der Waals surface area (Å²) in [7, 11) is 1.63. The van der Waals surface area contributed by atoms with E-state index in [1.54, 1.807) is 18.9 Å². The summed E-state index contributed by atoms with van der Waals surface area (Å²) in [6, 6.07) is 13.2. The van der Waals surface area contributed by atoms with E-state index >= 15 is 0 Å². The highest BCUT2D eigenvalue weighted by Crippen LogP contribution is 2.41.